The van der Waals surface area contributed by atoms with Crippen molar-refractivity contribution in [3.63, 3.8) is 0 Å². The van der Waals surface area contributed by atoms with Crippen molar-refractivity contribution in [2.75, 3.05) is 20.2 Å². The number of amides is 1. The minimum absolute atomic E-state index is 0.0167. The van der Waals surface area contributed by atoms with Gasteiger partial charge >= 0.3 is 0 Å². The fourth-order valence-electron chi connectivity index (χ4n) is 4.29. The van der Waals surface area contributed by atoms with Crippen molar-refractivity contribution in [1.29, 1.82) is 0 Å². The normalized spacial score (nSPS) is 23.2. The molecule has 3 unspecified atom stereocenters. The topological polar surface area (TPSA) is 96.5 Å². The molecule has 3 atom stereocenters. The Bertz CT molecular complexity index is 1040. The van der Waals surface area contributed by atoms with E-state index >= 15 is 0 Å². The second kappa shape index (κ2) is 9.16. The van der Waals surface area contributed by atoms with E-state index in [-0.39, 0.29) is 27.5 Å². The minimum Gasteiger partial charge on any atom is -0.495 e. The molecule has 2 heterocycles. The molecule has 166 valence electrons. The predicted molar refractivity (Wildman–Crippen MR) is 118 cm³/mol. The summed E-state index contributed by atoms with van der Waals surface area (Å²) in [5, 5.41) is 10.2. The average Bonchev–Trinajstić information content (AvgIpc) is 3.22. The fraction of sp³-hybridized carbons (Fsp3) is 0.409. The Kier molecular flexibility index (Phi) is 6.52. The second-order valence-electron chi connectivity index (χ2n) is 7.97. The van der Waals surface area contributed by atoms with Crippen LogP contribution < -0.4 is 20.7 Å². The maximum absolute atomic E-state index is 13.0. The van der Waals surface area contributed by atoms with Crippen LogP contribution in [0.15, 0.2) is 52.3 Å². The molecule has 2 fully saturated rings. The SMILES string of the molecule is COc1cc(Cl)ccc1S(=O)(=O)c1ccc(CNC(=O)C2CC3CNCCC3N2)cc1. The van der Waals surface area contributed by atoms with Gasteiger partial charge in [0.1, 0.15) is 10.6 Å². The molecule has 31 heavy (non-hydrogen) atoms. The van der Waals surface area contributed by atoms with Crippen LogP contribution in [-0.4, -0.2) is 46.6 Å². The Morgan fingerprint density at radius 1 is 1.23 bits per heavy atom. The molecule has 0 aromatic heterocycles. The number of hydrogen-bond donors (Lipinski definition) is 3. The molecule has 2 aromatic rings. The first-order valence-corrected chi connectivity index (χ1v) is 12.2. The number of piperidine rings is 1. The van der Waals surface area contributed by atoms with E-state index in [2.05, 4.69) is 16.0 Å². The summed E-state index contributed by atoms with van der Waals surface area (Å²) in [5.41, 5.74) is 0.826. The van der Waals surface area contributed by atoms with Crippen LogP contribution in [-0.2, 0) is 21.2 Å². The Labute approximate surface area is 187 Å². The summed E-state index contributed by atoms with van der Waals surface area (Å²) in [7, 11) is -2.35. The summed E-state index contributed by atoms with van der Waals surface area (Å²) in [6.45, 7) is 2.28. The molecule has 4 rings (SSSR count). The third kappa shape index (κ3) is 4.72. The van der Waals surface area contributed by atoms with Gasteiger partial charge in [-0.15, -0.1) is 0 Å². The zero-order valence-electron chi connectivity index (χ0n) is 17.2. The van der Waals surface area contributed by atoms with Crippen molar-refractivity contribution in [3.8, 4) is 5.75 Å². The Morgan fingerprint density at radius 2 is 2.00 bits per heavy atom. The van der Waals surface area contributed by atoms with Gasteiger partial charge in [-0.3, -0.25) is 4.79 Å². The lowest BCUT2D eigenvalue weighted by molar-refractivity contribution is -0.123. The number of rotatable bonds is 6. The number of benzene rings is 2. The zero-order chi connectivity index (χ0) is 22.0. The van der Waals surface area contributed by atoms with Crippen LogP contribution in [0, 0.1) is 5.92 Å². The largest absolute Gasteiger partial charge is 0.495 e. The third-order valence-electron chi connectivity index (χ3n) is 5.99. The number of methoxy groups -OCH3 is 1. The highest BCUT2D eigenvalue weighted by atomic mass is 35.5. The summed E-state index contributed by atoms with van der Waals surface area (Å²) < 4.78 is 31.2. The van der Waals surface area contributed by atoms with Crippen molar-refractivity contribution in [2.45, 2.75) is 41.3 Å². The first-order valence-electron chi connectivity index (χ1n) is 10.3. The lowest BCUT2D eigenvalue weighted by atomic mass is 9.94. The van der Waals surface area contributed by atoms with E-state index in [1.807, 2.05) is 0 Å². The molecule has 0 radical (unpaired) electrons. The number of fused-ring (bicyclic) bond motifs is 1. The van der Waals surface area contributed by atoms with Crippen LogP contribution in [0.3, 0.4) is 0 Å². The lowest BCUT2D eigenvalue weighted by Crippen LogP contribution is -2.45. The van der Waals surface area contributed by atoms with Crippen LogP contribution in [0.4, 0.5) is 0 Å². The molecule has 2 saturated heterocycles. The highest BCUT2D eigenvalue weighted by Gasteiger charge is 2.38. The van der Waals surface area contributed by atoms with Crippen molar-refractivity contribution >= 4 is 27.3 Å². The van der Waals surface area contributed by atoms with Gasteiger partial charge in [0.05, 0.1) is 18.0 Å². The number of hydrogen-bond acceptors (Lipinski definition) is 6. The first-order chi connectivity index (χ1) is 14.9. The van der Waals surface area contributed by atoms with Crippen molar-refractivity contribution in [3.05, 3.63) is 53.1 Å². The Hall–Kier alpha value is -2.13. The molecule has 1 amide bonds. The lowest BCUT2D eigenvalue weighted by Gasteiger charge is -2.25. The molecule has 2 aromatic carbocycles. The van der Waals surface area contributed by atoms with Crippen LogP contribution in [0.5, 0.6) is 5.75 Å². The average molecular weight is 464 g/mol. The molecule has 9 heteroatoms. The fourth-order valence-corrected chi connectivity index (χ4v) is 5.86. The van der Waals surface area contributed by atoms with Crippen LogP contribution in [0.25, 0.3) is 0 Å². The molecule has 0 saturated carbocycles. The summed E-state index contributed by atoms with van der Waals surface area (Å²) in [6, 6.07) is 11.2. The van der Waals surface area contributed by atoms with Gasteiger partial charge in [-0.25, -0.2) is 8.42 Å². The summed E-state index contributed by atoms with van der Waals surface area (Å²) in [6.07, 6.45) is 1.88. The number of halogens is 1. The van der Waals surface area contributed by atoms with Gasteiger partial charge in [0, 0.05) is 23.7 Å². The monoisotopic (exact) mass is 463 g/mol. The third-order valence-corrected chi connectivity index (χ3v) is 8.04. The second-order valence-corrected chi connectivity index (χ2v) is 10.3. The maximum Gasteiger partial charge on any atom is 0.237 e. The number of carbonyl (C=O) groups is 1. The molecule has 0 bridgehead atoms. The van der Waals surface area contributed by atoms with Crippen LogP contribution >= 0.6 is 11.6 Å². The van der Waals surface area contributed by atoms with E-state index in [9.17, 15) is 13.2 Å². The number of carbonyl (C=O) groups excluding carboxylic acids is 1. The molecule has 2 aliphatic rings. The van der Waals surface area contributed by atoms with Gasteiger partial charge in [0.2, 0.25) is 15.7 Å². The molecule has 7 nitrogen and oxygen atoms in total. The predicted octanol–water partition coefficient (Wildman–Crippen LogP) is 2.14. The van der Waals surface area contributed by atoms with E-state index in [0.717, 1.165) is 31.5 Å². The smallest absolute Gasteiger partial charge is 0.237 e. The highest BCUT2D eigenvalue weighted by molar-refractivity contribution is 7.91. The van der Waals surface area contributed by atoms with Gasteiger partial charge < -0.3 is 20.7 Å². The van der Waals surface area contributed by atoms with Crippen molar-refractivity contribution in [2.24, 2.45) is 5.92 Å². The first kappa shape index (κ1) is 22.1. The molecular weight excluding hydrogens is 438 g/mol. The van der Waals surface area contributed by atoms with E-state index in [1.54, 1.807) is 24.3 Å². The number of sulfone groups is 1. The standard InChI is InChI=1S/C22H26ClN3O4S/c1-30-20-11-16(23)4-7-21(20)31(28,29)17-5-2-14(3-6-17)12-25-22(27)19-10-15-13-24-9-8-18(15)26-19/h2-7,11,15,18-19,24,26H,8-10,12-13H2,1H3,(H,25,27). The zero-order valence-corrected chi connectivity index (χ0v) is 18.8. The summed E-state index contributed by atoms with van der Waals surface area (Å²) in [4.78, 5) is 12.8. The maximum atomic E-state index is 13.0. The van der Waals surface area contributed by atoms with Gasteiger partial charge in [0.15, 0.2) is 0 Å². The van der Waals surface area contributed by atoms with E-state index in [1.165, 1.54) is 25.3 Å². The number of ether oxygens (including phenoxy) is 1. The molecule has 0 spiro atoms. The van der Waals surface area contributed by atoms with E-state index in [4.69, 9.17) is 16.3 Å². The molecular formula is C22H26ClN3O4S. The van der Waals surface area contributed by atoms with E-state index in [0.29, 0.717) is 23.5 Å². The van der Waals surface area contributed by atoms with Crippen LogP contribution in [0.2, 0.25) is 5.02 Å². The van der Waals surface area contributed by atoms with Gasteiger partial charge in [-0.1, -0.05) is 23.7 Å². The minimum atomic E-state index is -3.76. The molecule has 0 aliphatic carbocycles. The van der Waals surface area contributed by atoms with Gasteiger partial charge in [-0.2, -0.15) is 0 Å². The Morgan fingerprint density at radius 3 is 2.71 bits per heavy atom. The highest BCUT2D eigenvalue weighted by Crippen LogP contribution is 2.32. The van der Waals surface area contributed by atoms with Crippen LogP contribution in [0.1, 0.15) is 18.4 Å². The van der Waals surface area contributed by atoms with Crippen molar-refractivity contribution < 1.29 is 17.9 Å². The van der Waals surface area contributed by atoms with E-state index < -0.39 is 9.84 Å². The molecule has 3 N–H and O–H groups in total. The van der Waals surface area contributed by atoms with Gasteiger partial charge in [-0.05, 0) is 61.7 Å². The summed E-state index contributed by atoms with van der Waals surface area (Å²) in [5.74, 6) is 0.680. The summed E-state index contributed by atoms with van der Waals surface area (Å²) >= 11 is 5.94. The Balaban J connectivity index is 1.40. The van der Waals surface area contributed by atoms with Gasteiger partial charge in [0.25, 0.3) is 0 Å². The number of nitrogens with one attached hydrogen (secondary N) is 3. The molecule has 2 aliphatic heterocycles. The van der Waals surface area contributed by atoms with Crippen molar-refractivity contribution in [1.82, 2.24) is 16.0 Å². The quantitative estimate of drug-likeness (QED) is 0.607.